The van der Waals surface area contributed by atoms with E-state index in [-0.39, 0.29) is 103 Å². The minimum atomic E-state index is -1.31. The van der Waals surface area contributed by atoms with Crippen molar-refractivity contribution >= 4 is 120 Å². The van der Waals surface area contributed by atoms with E-state index in [0.29, 0.717) is 10.3 Å². The summed E-state index contributed by atoms with van der Waals surface area (Å²) >= 11 is 1.05. The Labute approximate surface area is 237 Å². The van der Waals surface area contributed by atoms with Gasteiger partial charge in [0.1, 0.15) is 0 Å². The summed E-state index contributed by atoms with van der Waals surface area (Å²) in [6.45, 7) is 0.981. The van der Waals surface area contributed by atoms with Gasteiger partial charge in [-0.2, -0.15) is 0 Å². The van der Waals surface area contributed by atoms with Crippen LogP contribution in [-0.4, -0.2) is 149 Å². The number of nitrogens with one attached hydrogen (secondary N) is 1. The van der Waals surface area contributed by atoms with Gasteiger partial charge in [0.15, 0.2) is 0 Å². The molecule has 4 N–H and O–H groups in total. The molecule has 32 heavy (non-hydrogen) atoms. The average molecular weight is 550 g/mol. The number of nitrogens with zero attached hydrogens (tertiary/aromatic N) is 3. The number of thioether (sulfide) groups is 1. The third-order valence-corrected chi connectivity index (χ3v) is 6.90. The molecule has 1 aromatic rings. The maximum atomic E-state index is 12.7. The van der Waals surface area contributed by atoms with Gasteiger partial charge in [-0.25, -0.2) is 0 Å². The second kappa shape index (κ2) is 12.6. The van der Waals surface area contributed by atoms with Crippen LogP contribution in [-0.2, 0) is 28.8 Å². The van der Waals surface area contributed by atoms with E-state index in [2.05, 4.69) is 15.5 Å². The van der Waals surface area contributed by atoms with Crippen LogP contribution in [0.1, 0.15) is 12.6 Å². The number of aliphatic carboxylic acids is 1. The molecule has 0 spiro atoms. The van der Waals surface area contributed by atoms with Crippen LogP contribution in [0.4, 0.5) is 4.69 Å². The number of amides is 2. The SMILES string of the molecule is CO/N=C(\C(=O)N[C@@H]1C(=O)N2C(C(=O)O)=C(COC(C)=O)CS[C@H]12)c1c[se]c(N)n1.[NaH].[NaH]. The summed E-state index contributed by atoms with van der Waals surface area (Å²) in [7, 11) is 1.27. The number of oxime groups is 1. The molecule has 0 unspecified atom stereocenters. The third-order valence-electron chi connectivity index (χ3n) is 4.15. The molecule has 2 aliphatic rings. The molecule has 0 aromatic carbocycles. The van der Waals surface area contributed by atoms with Crippen LogP contribution in [0.3, 0.4) is 0 Å². The third kappa shape index (κ3) is 6.19. The zero-order valence-electron chi connectivity index (χ0n) is 15.8. The second-order valence-electron chi connectivity index (χ2n) is 6.09. The fourth-order valence-corrected chi connectivity index (χ4v) is 5.36. The summed E-state index contributed by atoms with van der Waals surface area (Å²) in [4.78, 5) is 59.6. The van der Waals surface area contributed by atoms with E-state index in [9.17, 15) is 24.3 Å². The molecule has 1 aromatic heterocycles. The molecule has 3 heterocycles. The Morgan fingerprint density at radius 3 is 2.66 bits per heavy atom. The van der Waals surface area contributed by atoms with Crippen molar-refractivity contribution in [3.63, 3.8) is 0 Å². The molecule has 2 atom stereocenters. The number of aromatic nitrogens is 1. The number of nitrogen functional groups attached to an aromatic ring is 1. The molecule has 164 valence electrons. The van der Waals surface area contributed by atoms with Gasteiger partial charge in [0.05, 0.1) is 0 Å². The molecular weight excluding hydrogens is 531 g/mol. The number of fused-ring (bicyclic) bond motifs is 1. The number of β-lactam (4-membered cyclic amide) rings is 1. The number of carboxylic acids is 1. The Bertz CT molecular complexity index is 986. The summed E-state index contributed by atoms with van der Waals surface area (Å²) in [6, 6.07) is -0.956. The van der Waals surface area contributed by atoms with Crippen LogP contribution in [0.15, 0.2) is 21.4 Å². The molecule has 12 nitrogen and oxygen atoms in total. The number of hydrogen-bond donors (Lipinski definition) is 3. The van der Waals surface area contributed by atoms with E-state index in [1.165, 1.54) is 25.8 Å². The fourth-order valence-electron chi connectivity index (χ4n) is 2.88. The van der Waals surface area contributed by atoms with Crippen molar-refractivity contribution in [3.8, 4) is 0 Å². The Kier molecular flexibility index (Phi) is 11.5. The monoisotopic (exact) mass is 551 g/mol. The van der Waals surface area contributed by atoms with Crippen molar-refractivity contribution in [2.45, 2.75) is 18.3 Å². The van der Waals surface area contributed by atoms with Gasteiger partial charge in [0.2, 0.25) is 0 Å². The van der Waals surface area contributed by atoms with Crippen molar-refractivity contribution in [2.75, 3.05) is 25.2 Å². The summed E-state index contributed by atoms with van der Waals surface area (Å²) < 4.78 is 5.26. The molecule has 0 radical (unpaired) electrons. The quantitative estimate of drug-likeness (QED) is 0.105. The van der Waals surface area contributed by atoms with Crippen molar-refractivity contribution in [1.82, 2.24) is 15.2 Å². The first-order valence-corrected chi connectivity index (χ1v) is 11.3. The van der Waals surface area contributed by atoms with E-state index >= 15 is 0 Å². The summed E-state index contributed by atoms with van der Waals surface area (Å²) in [5.41, 5.74) is 5.84. The first-order chi connectivity index (χ1) is 14.2. The number of carboxylic acid groups (broad SMARTS) is 1. The normalized spacial score (nSPS) is 19.6. The molecule has 3 rings (SSSR count). The van der Waals surface area contributed by atoms with Gasteiger partial charge in [0, 0.05) is 6.92 Å². The zero-order chi connectivity index (χ0) is 22.0. The zero-order valence-corrected chi connectivity index (χ0v) is 18.3. The maximum absolute atomic E-state index is 12.7. The molecular formula is C16H19N5Na2O7SSe. The summed E-state index contributed by atoms with van der Waals surface area (Å²) in [6.07, 6.45) is 0. The molecule has 2 aliphatic heterocycles. The minimum absolute atomic E-state index is 0. The van der Waals surface area contributed by atoms with Crippen LogP contribution in [0.5, 0.6) is 0 Å². The van der Waals surface area contributed by atoms with Crippen LogP contribution in [0.2, 0.25) is 0 Å². The van der Waals surface area contributed by atoms with E-state index in [0.717, 1.165) is 4.90 Å². The van der Waals surface area contributed by atoms with E-state index < -0.39 is 35.2 Å². The number of esters is 1. The number of rotatable bonds is 7. The fraction of sp³-hybridized carbons (Fsp3) is 0.375. The van der Waals surface area contributed by atoms with Crippen molar-refractivity contribution in [2.24, 2.45) is 5.16 Å². The average Bonchev–Trinajstić information content (AvgIpc) is 3.13. The van der Waals surface area contributed by atoms with Crippen LogP contribution in [0.25, 0.3) is 0 Å². The number of nitrogens with two attached hydrogens (primary N) is 1. The molecule has 0 saturated carbocycles. The Morgan fingerprint density at radius 2 is 2.12 bits per heavy atom. The standard InChI is InChI=1S/C16H17N5O7SSe.2Na.2H/c1-6(22)28-3-7-4-29-14-10(13(24)21(14)11(7)15(25)26)19-12(23)9(20-27-2)8-5-30-16(17)18-8;;;;/h5,10,14H,3-4H2,1-2H3,(H2,17,18)(H,19,23)(H,25,26);;;;/b20-9-;;;;/t10-,14-;;;;/m1..../s1. The van der Waals surface area contributed by atoms with Gasteiger partial charge >= 0.3 is 227 Å². The molecule has 0 aliphatic carbocycles. The van der Waals surface area contributed by atoms with Gasteiger partial charge in [-0.05, 0) is 0 Å². The first-order valence-electron chi connectivity index (χ1n) is 8.41. The topological polar surface area (TPSA) is 174 Å². The number of ether oxygens (including phenoxy) is 1. The molecule has 0 bridgehead atoms. The number of carbonyl (C=O) groups excluding carboxylic acids is 3. The van der Waals surface area contributed by atoms with Crippen LogP contribution >= 0.6 is 11.8 Å². The molecule has 2 amide bonds. The summed E-state index contributed by atoms with van der Waals surface area (Å²) in [5, 5.41) is 15.2. The predicted molar refractivity (Wildman–Crippen MR) is 120 cm³/mol. The van der Waals surface area contributed by atoms with E-state index in [1.54, 1.807) is 4.94 Å². The first kappa shape index (κ1) is 29.2. The second-order valence-corrected chi connectivity index (χ2v) is 9.06. The van der Waals surface area contributed by atoms with Gasteiger partial charge in [-0.1, -0.05) is 0 Å². The van der Waals surface area contributed by atoms with Crippen LogP contribution < -0.4 is 11.1 Å². The van der Waals surface area contributed by atoms with E-state index in [4.69, 9.17) is 15.3 Å². The molecule has 16 heteroatoms. The van der Waals surface area contributed by atoms with Crippen molar-refractivity contribution in [1.29, 1.82) is 0 Å². The molecule has 1 saturated heterocycles. The van der Waals surface area contributed by atoms with Crippen LogP contribution in [0, 0.1) is 0 Å². The Morgan fingerprint density at radius 1 is 1.44 bits per heavy atom. The number of carbonyl (C=O) groups is 4. The van der Waals surface area contributed by atoms with Crippen molar-refractivity contribution < 1.29 is 33.9 Å². The van der Waals surface area contributed by atoms with Gasteiger partial charge in [-0.3, -0.25) is 4.79 Å². The summed E-state index contributed by atoms with van der Waals surface area (Å²) in [5.74, 6) is -2.94. The number of anilines is 1. The van der Waals surface area contributed by atoms with Gasteiger partial charge in [-0.15, -0.1) is 0 Å². The predicted octanol–water partition coefficient (Wildman–Crippen LogP) is -2.92. The number of hydrogen-bond acceptors (Lipinski definition) is 10. The Hall–Kier alpha value is -0.831. The van der Waals surface area contributed by atoms with Gasteiger partial charge in [0.25, 0.3) is 0 Å². The van der Waals surface area contributed by atoms with Crippen molar-refractivity contribution in [3.05, 3.63) is 21.9 Å². The van der Waals surface area contributed by atoms with Gasteiger partial charge < -0.3 is 0 Å². The Balaban J connectivity index is 0.00000256. The molecule has 1 fully saturated rings. The van der Waals surface area contributed by atoms with E-state index in [1.807, 2.05) is 0 Å².